The highest BCUT2D eigenvalue weighted by molar-refractivity contribution is 5.87. The Morgan fingerprint density at radius 1 is 1.36 bits per heavy atom. The van der Waals surface area contributed by atoms with E-state index in [4.69, 9.17) is 0 Å². The van der Waals surface area contributed by atoms with Crippen LogP contribution in [0.15, 0.2) is 42.7 Å². The number of carbonyl (C=O) groups is 2. The fraction of sp³-hybridized carbons (Fsp3) is 0.389. The number of aromatic amines is 1. The van der Waals surface area contributed by atoms with Crippen molar-refractivity contribution in [1.29, 1.82) is 0 Å². The molecule has 3 rings (SSSR count). The summed E-state index contributed by atoms with van der Waals surface area (Å²) in [5.74, 6) is 0.688. The highest BCUT2D eigenvalue weighted by Crippen LogP contribution is 2.21. The lowest BCUT2D eigenvalue weighted by molar-refractivity contribution is -0.124. The number of hydrogen-bond acceptors (Lipinski definition) is 3. The Labute approximate surface area is 146 Å². The predicted molar refractivity (Wildman–Crippen MR) is 93.8 cm³/mol. The molecule has 2 heterocycles. The number of likely N-dealkylation sites (N-methyl/N-ethyl adjacent to an activating group) is 1. The van der Waals surface area contributed by atoms with Crippen molar-refractivity contribution in [2.24, 2.45) is 0 Å². The van der Waals surface area contributed by atoms with Gasteiger partial charge in [0.05, 0.1) is 6.04 Å². The molecule has 3 N–H and O–H groups in total. The van der Waals surface area contributed by atoms with Gasteiger partial charge in [0.15, 0.2) is 0 Å². The SMILES string of the molecule is CNC(=O)[C@H]1CCCN1C(=O)N[C@@H](Cc1ncc[nH]1)c1ccccc1. The molecule has 3 amide bonds. The van der Waals surface area contributed by atoms with E-state index in [-0.39, 0.29) is 18.0 Å². The van der Waals surface area contributed by atoms with Crippen molar-refractivity contribution in [3.63, 3.8) is 0 Å². The third-order valence-electron chi connectivity index (χ3n) is 4.51. The van der Waals surface area contributed by atoms with Gasteiger partial charge in [-0.1, -0.05) is 30.3 Å². The van der Waals surface area contributed by atoms with Crippen molar-refractivity contribution in [2.75, 3.05) is 13.6 Å². The summed E-state index contributed by atoms with van der Waals surface area (Å²) in [5, 5.41) is 5.71. The number of rotatable bonds is 5. The second kappa shape index (κ2) is 7.83. The minimum Gasteiger partial charge on any atom is -0.357 e. The van der Waals surface area contributed by atoms with Gasteiger partial charge in [-0.3, -0.25) is 4.79 Å². The lowest BCUT2D eigenvalue weighted by atomic mass is 10.0. The number of nitrogens with one attached hydrogen (secondary N) is 3. The molecule has 1 aromatic carbocycles. The van der Waals surface area contributed by atoms with Gasteiger partial charge in [0.2, 0.25) is 5.91 Å². The Balaban J connectivity index is 1.75. The summed E-state index contributed by atoms with van der Waals surface area (Å²) in [6.07, 6.45) is 5.55. The van der Waals surface area contributed by atoms with Crippen molar-refractivity contribution in [2.45, 2.75) is 31.3 Å². The van der Waals surface area contributed by atoms with E-state index in [2.05, 4.69) is 20.6 Å². The van der Waals surface area contributed by atoms with Crippen LogP contribution in [0.3, 0.4) is 0 Å². The van der Waals surface area contributed by atoms with E-state index in [9.17, 15) is 9.59 Å². The Morgan fingerprint density at radius 2 is 2.16 bits per heavy atom. The third-order valence-corrected chi connectivity index (χ3v) is 4.51. The molecule has 1 aliphatic rings. The summed E-state index contributed by atoms with van der Waals surface area (Å²) in [7, 11) is 1.60. The van der Waals surface area contributed by atoms with Crippen LogP contribution in [-0.4, -0.2) is 46.4 Å². The van der Waals surface area contributed by atoms with Gasteiger partial charge < -0.3 is 20.5 Å². The molecule has 1 aromatic heterocycles. The van der Waals surface area contributed by atoms with Gasteiger partial charge in [-0.15, -0.1) is 0 Å². The van der Waals surface area contributed by atoms with Gasteiger partial charge in [0.25, 0.3) is 0 Å². The summed E-state index contributed by atoms with van der Waals surface area (Å²) in [6, 6.07) is 8.96. The van der Waals surface area contributed by atoms with Crippen LogP contribution >= 0.6 is 0 Å². The number of H-pyrrole nitrogens is 1. The van der Waals surface area contributed by atoms with Gasteiger partial charge in [-0.2, -0.15) is 0 Å². The average Bonchev–Trinajstić information content (AvgIpc) is 3.33. The minimum absolute atomic E-state index is 0.116. The molecule has 0 spiro atoms. The standard InChI is InChI=1S/C18H23N5O2/c1-19-17(24)15-8-5-11-23(15)18(25)22-14(12-16-20-9-10-21-16)13-6-3-2-4-7-13/h2-4,6-7,9-10,14-15H,5,8,11-12H2,1H3,(H,19,24)(H,20,21)(H,22,25)/t14-,15+/m0/s1. The van der Waals surface area contributed by atoms with Crippen LogP contribution in [0, 0.1) is 0 Å². The lowest BCUT2D eigenvalue weighted by Crippen LogP contribution is -2.49. The van der Waals surface area contributed by atoms with Crippen LogP contribution in [-0.2, 0) is 11.2 Å². The number of likely N-dealkylation sites (tertiary alicyclic amines) is 1. The van der Waals surface area contributed by atoms with Crippen molar-refractivity contribution in [3.05, 3.63) is 54.1 Å². The van der Waals surface area contributed by atoms with Gasteiger partial charge >= 0.3 is 6.03 Å². The summed E-state index contributed by atoms with van der Waals surface area (Å²) < 4.78 is 0. The monoisotopic (exact) mass is 341 g/mol. The first kappa shape index (κ1) is 17.0. The molecule has 0 bridgehead atoms. The number of imidazole rings is 1. The molecule has 1 fully saturated rings. The van der Waals surface area contributed by atoms with Crippen LogP contribution in [0.25, 0.3) is 0 Å². The molecule has 2 atom stereocenters. The highest BCUT2D eigenvalue weighted by Gasteiger charge is 2.34. The zero-order valence-corrected chi connectivity index (χ0v) is 14.2. The predicted octanol–water partition coefficient (Wildman–Crippen LogP) is 1.61. The molecule has 1 aliphatic heterocycles. The number of amides is 3. The van der Waals surface area contributed by atoms with E-state index in [1.54, 1.807) is 24.3 Å². The van der Waals surface area contributed by atoms with E-state index >= 15 is 0 Å². The zero-order valence-electron chi connectivity index (χ0n) is 14.2. The van der Waals surface area contributed by atoms with Crippen molar-refractivity contribution < 1.29 is 9.59 Å². The highest BCUT2D eigenvalue weighted by atomic mass is 16.2. The average molecular weight is 341 g/mol. The second-order valence-corrected chi connectivity index (χ2v) is 6.12. The number of nitrogens with zero attached hydrogens (tertiary/aromatic N) is 2. The number of carbonyl (C=O) groups excluding carboxylic acids is 2. The molecule has 2 aromatic rings. The molecule has 132 valence electrons. The molecule has 1 saturated heterocycles. The maximum absolute atomic E-state index is 12.8. The van der Waals surface area contributed by atoms with Crippen LogP contribution < -0.4 is 10.6 Å². The van der Waals surface area contributed by atoms with Gasteiger partial charge in [-0.05, 0) is 18.4 Å². The Kier molecular flexibility index (Phi) is 5.33. The van der Waals surface area contributed by atoms with E-state index < -0.39 is 6.04 Å². The minimum atomic E-state index is -0.398. The van der Waals surface area contributed by atoms with Crippen LogP contribution in [0.2, 0.25) is 0 Å². The van der Waals surface area contributed by atoms with E-state index in [0.717, 1.165) is 17.8 Å². The van der Waals surface area contributed by atoms with Crippen molar-refractivity contribution >= 4 is 11.9 Å². The summed E-state index contributed by atoms with van der Waals surface area (Å²) in [6.45, 7) is 0.589. The number of benzene rings is 1. The van der Waals surface area contributed by atoms with Crippen LogP contribution in [0.1, 0.15) is 30.3 Å². The molecular formula is C18H23N5O2. The zero-order chi connectivity index (χ0) is 17.6. The molecule has 7 heteroatoms. The molecule has 25 heavy (non-hydrogen) atoms. The van der Waals surface area contributed by atoms with E-state index in [0.29, 0.717) is 19.4 Å². The molecular weight excluding hydrogens is 318 g/mol. The fourth-order valence-electron chi connectivity index (χ4n) is 3.22. The smallest absolute Gasteiger partial charge is 0.318 e. The Morgan fingerprint density at radius 3 is 2.84 bits per heavy atom. The van der Waals surface area contributed by atoms with Gasteiger partial charge in [-0.25, -0.2) is 9.78 Å². The Bertz CT molecular complexity index is 702. The first-order chi connectivity index (χ1) is 12.2. The van der Waals surface area contributed by atoms with Crippen molar-refractivity contribution in [3.8, 4) is 0 Å². The summed E-state index contributed by atoms with van der Waals surface area (Å²) in [5.41, 5.74) is 1.00. The summed E-state index contributed by atoms with van der Waals surface area (Å²) in [4.78, 5) is 33.7. The van der Waals surface area contributed by atoms with Crippen LogP contribution in [0.5, 0.6) is 0 Å². The second-order valence-electron chi connectivity index (χ2n) is 6.12. The first-order valence-electron chi connectivity index (χ1n) is 8.51. The molecule has 7 nitrogen and oxygen atoms in total. The number of aromatic nitrogens is 2. The quantitative estimate of drug-likeness (QED) is 0.772. The molecule has 0 unspecified atom stereocenters. The van der Waals surface area contributed by atoms with Crippen molar-refractivity contribution in [1.82, 2.24) is 25.5 Å². The topological polar surface area (TPSA) is 90.1 Å². The lowest BCUT2D eigenvalue weighted by Gasteiger charge is -2.27. The molecule has 0 radical (unpaired) electrons. The maximum Gasteiger partial charge on any atom is 0.318 e. The molecule has 0 saturated carbocycles. The first-order valence-corrected chi connectivity index (χ1v) is 8.51. The summed E-state index contributed by atoms with van der Waals surface area (Å²) >= 11 is 0. The van der Waals surface area contributed by atoms with Crippen LogP contribution in [0.4, 0.5) is 4.79 Å². The van der Waals surface area contributed by atoms with E-state index in [1.165, 1.54) is 0 Å². The van der Waals surface area contributed by atoms with Gasteiger partial charge in [0, 0.05) is 32.4 Å². The normalized spacial score (nSPS) is 18.0. The number of hydrogen-bond donors (Lipinski definition) is 3. The maximum atomic E-state index is 12.8. The fourth-order valence-corrected chi connectivity index (χ4v) is 3.22. The Hall–Kier alpha value is -2.83. The third kappa shape index (κ3) is 3.99. The molecule has 0 aliphatic carbocycles. The van der Waals surface area contributed by atoms with E-state index in [1.807, 2.05) is 30.3 Å². The van der Waals surface area contributed by atoms with Gasteiger partial charge in [0.1, 0.15) is 11.9 Å². The largest absolute Gasteiger partial charge is 0.357 e. The number of urea groups is 1.